The molecule has 3 rings (SSSR count). The highest BCUT2D eigenvalue weighted by Gasteiger charge is 2.33. The Morgan fingerprint density at radius 1 is 1.21 bits per heavy atom. The molecular formula is C19H23N3O2. The summed E-state index contributed by atoms with van der Waals surface area (Å²) in [4.78, 5) is 26.2. The Morgan fingerprint density at radius 3 is 2.42 bits per heavy atom. The lowest BCUT2D eigenvalue weighted by molar-refractivity contribution is 0.0721. The summed E-state index contributed by atoms with van der Waals surface area (Å²) in [6, 6.07) is 11.6. The Hall–Kier alpha value is -2.43. The van der Waals surface area contributed by atoms with Crippen molar-refractivity contribution in [2.45, 2.75) is 45.2 Å². The number of hydrogen-bond donors (Lipinski definition) is 0. The number of aryl methyl sites for hydroxylation is 1. The molecule has 1 amide bonds. The Balaban J connectivity index is 1.80. The number of hydrogen-bond acceptors (Lipinski definition) is 3. The largest absolute Gasteiger partial charge is 0.330 e. The van der Waals surface area contributed by atoms with Gasteiger partial charge in [0.1, 0.15) is 5.69 Å². The molecule has 2 aromatic rings. The van der Waals surface area contributed by atoms with Crippen LogP contribution in [0.25, 0.3) is 0 Å². The van der Waals surface area contributed by atoms with Gasteiger partial charge in [0.15, 0.2) is 0 Å². The van der Waals surface area contributed by atoms with Crippen LogP contribution in [0.5, 0.6) is 0 Å². The summed E-state index contributed by atoms with van der Waals surface area (Å²) in [5.74, 6) is 0.385. The van der Waals surface area contributed by atoms with Crippen molar-refractivity contribution in [3.05, 3.63) is 63.6 Å². The standard InChI is InChI=1S/C19H23N3O2/c1-13(2)15-6-4-14(5-7-15)12-22(16-8-9-16)19(24)17-10-11-18(23)21(3)20-17/h4-7,10-11,13,16H,8-9,12H2,1-3H3. The lowest BCUT2D eigenvalue weighted by Gasteiger charge is -2.22. The number of benzene rings is 1. The zero-order valence-corrected chi connectivity index (χ0v) is 14.4. The summed E-state index contributed by atoms with van der Waals surface area (Å²) in [5, 5.41) is 4.10. The van der Waals surface area contributed by atoms with E-state index in [0.717, 1.165) is 18.4 Å². The average molecular weight is 325 g/mol. The molecule has 1 aliphatic rings. The molecule has 1 fully saturated rings. The van der Waals surface area contributed by atoms with E-state index in [1.165, 1.54) is 22.4 Å². The first-order chi connectivity index (χ1) is 11.5. The quantitative estimate of drug-likeness (QED) is 0.849. The number of nitrogens with zero attached hydrogens (tertiary/aromatic N) is 3. The Kier molecular flexibility index (Phi) is 4.51. The number of aromatic nitrogens is 2. The van der Waals surface area contributed by atoms with E-state index in [9.17, 15) is 9.59 Å². The third-order valence-corrected chi connectivity index (χ3v) is 4.43. The van der Waals surface area contributed by atoms with E-state index in [2.05, 4.69) is 43.2 Å². The lowest BCUT2D eigenvalue weighted by Crippen LogP contribution is -2.34. The molecule has 0 radical (unpaired) electrons. The van der Waals surface area contributed by atoms with Gasteiger partial charge in [-0.3, -0.25) is 9.59 Å². The number of rotatable bonds is 5. The molecule has 5 heteroatoms. The number of carbonyl (C=O) groups is 1. The highest BCUT2D eigenvalue weighted by molar-refractivity contribution is 5.92. The second-order valence-corrected chi connectivity index (χ2v) is 6.74. The van der Waals surface area contributed by atoms with E-state index in [1.54, 1.807) is 7.05 Å². The third kappa shape index (κ3) is 3.55. The fourth-order valence-electron chi connectivity index (χ4n) is 2.72. The molecule has 0 atom stereocenters. The van der Waals surface area contributed by atoms with Gasteiger partial charge in [0, 0.05) is 25.7 Å². The maximum absolute atomic E-state index is 12.8. The molecule has 0 spiro atoms. The normalized spacial score (nSPS) is 14.0. The Morgan fingerprint density at radius 2 is 1.88 bits per heavy atom. The molecule has 1 aromatic heterocycles. The third-order valence-electron chi connectivity index (χ3n) is 4.43. The first kappa shape index (κ1) is 16.4. The molecule has 0 saturated heterocycles. The van der Waals surface area contributed by atoms with Crippen LogP contribution in [-0.2, 0) is 13.6 Å². The molecular weight excluding hydrogens is 302 g/mol. The van der Waals surface area contributed by atoms with Crippen molar-refractivity contribution in [2.24, 2.45) is 7.05 Å². The Labute approximate surface area is 141 Å². The molecule has 0 aliphatic heterocycles. The smallest absolute Gasteiger partial charge is 0.274 e. The van der Waals surface area contributed by atoms with E-state index < -0.39 is 0 Å². The summed E-state index contributed by atoms with van der Waals surface area (Å²) in [7, 11) is 1.56. The first-order valence-corrected chi connectivity index (χ1v) is 8.40. The second-order valence-electron chi connectivity index (χ2n) is 6.74. The zero-order valence-electron chi connectivity index (χ0n) is 14.4. The van der Waals surface area contributed by atoms with Gasteiger partial charge in [-0.25, -0.2) is 4.68 Å². The van der Waals surface area contributed by atoms with Gasteiger partial charge in [-0.05, 0) is 36.0 Å². The SMILES string of the molecule is CC(C)c1ccc(CN(C(=O)c2ccc(=O)n(C)n2)C2CC2)cc1. The molecule has 24 heavy (non-hydrogen) atoms. The molecule has 0 N–H and O–H groups in total. The average Bonchev–Trinajstić information content (AvgIpc) is 3.40. The predicted octanol–water partition coefficient (Wildman–Crippen LogP) is 2.71. The van der Waals surface area contributed by atoms with E-state index in [0.29, 0.717) is 18.2 Å². The molecule has 126 valence electrons. The second kappa shape index (κ2) is 6.59. The fourth-order valence-corrected chi connectivity index (χ4v) is 2.72. The van der Waals surface area contributed by atoms with Gasteiger partial charge in [0.05, 0.1) is 0 Å². The topological polar surface area (TPSA) is 55.2 Å². The molecule has 0 bridgehead atoms. The van der Waals surface area contributed by atoms with Crippen LogP contribution in [-0.4, -0.2) is 26.6 Å². The van der Waals surface area contributed by atoms with Crippen LogP contribution in [0.1, 0.15) is 54.2 Å². The van der Waals surface area contributed by atoms with Crippen LogP contribution < -0.4 is 5.56 Å². The lowest BCUT2D eigenvalue weighted by atomic mass is 10.0. The molecule has 1 saturated carbocycles. The molecule has 1 aliphatic carbocycles. The number of amides is 1. The van der Waals surface area contributed by atoms with Gasteiger partial charge < -0.3 is 4.90 Å². The summed E-state index contributed by atoms with van der Waals surface area (Å²) in [6.45, 7) is 4.91. The molecule has 5 nitrogen and oxygen atoms in total. The monoisotopic (exact) mass is 325 g/mol. The van der Waals surface area contributed by atoms with E-state index in [1.807, 2.05) is 4.90 Å². The van der Waals surface area contributed by atoms with Crippen molar-refractivity contribution >= 4 is 5.91 Å². The summed E-state index contributed by atoms with van der Waals surface area (Å²) in [5.41, 5.74) is 2.52. The van der Waals surface area contributed by atoms with Crippen LogP contribution >= 0.6 is 0 Å². The summed E-state index contributed by atoms with van der Waals surface area (Å²) < 4.78 is 1.20. The van der Waals surface area contributed by atoms with Crippen LogP contribution in [0, 0.1) is 0 Å². The van der Waals surface area contributed by atoms with Crippen molar-refractivity contribution < 1.29 is 4.79 Å². The fraction of sp³-hybridized carbons (Fsp3) is 0.421. The van der Waals surface area contributed by atoms with Crippen molar-refractivity contribution in [1.82, 2.24) is 14.7 Å². The van der Waals surface area contributed by atoms with Gasteiger partial charge in [-0.15, -0.1) is 0 Å². The van der Waals surface area contributed by atoms with Crippen LogP contribution in [0.2, 0.25) is 0 Å². The molecule has 1 aromatic carbocycles. The minimum absolute atomic E-state index is 0.110. The minimum atomic E-state index is -0.214. The van der Waals surface area contributed by atoms with E-state index in [-0.39, 0.29) is 17.5 Å². The van der Waals surface area contributed by atoms with Crippen LogP contribution in [0.4, 0.5) is 0 Å². The van der Waals surface area contributed by atoms with Crippen LogP contribution in [0.3, 0.4) is 0 Å². The first-order valence-electron chi connectivity index (χ1n) is 8.40. The maximum Gasteiger partial charge on any atom is 0.274 e. The predicted molar refractivity (Wildman–Crippen MR) is 92.9 cm³/mol. The molecule has 1 heterocycles. The minimum Gasteiger partial charge on any atom is -0.330 e. The molecule has 0 unspecified atom stereocenters. The van der Waals surface area contributed by atoms with Crippen molar-refractivity contribution in [2.75, 3.05) is 0 Å². The Bertz CT molecular complexity index is 789. The van der Waals surface area contributed by atoms with Crippen molar-refractivity contribution in [1.29, 1.82) is 0 Å². The summed E-state index contributed by atoms with van der Waals surface area (Å²) >= 11 is 0. The summed E-state index contributed by atoms with van der Waals surface area (Å²) in [6.07, 6.45) is 2.06. The van der Waals surface area contributed by atoms with Crippen molar-refractivity contribution in [3.63, 3.8) is 0 Å². The van der Waals surface area contributed by atoms with Gasteiger partial charge in [0.2, 0.25) is 0 Å². The van der Waals surface area contributed by atoms with Gasteiger partial charge >= 0.3 is 0 Å². The van der Waals surface area contributed by atoms with E-state index in [4.69, 9.17) is 0 Å². The van der Waals surface area contributed by atoms with Gasteiger partial charge in [-0.1, -0.05) is 38.1 Å². The van der Waals surface area contributed by atoms with Gasteiger partial charge in [-0.2, -0.15) is 5.10 Å². The highest BCUT2D eigenvalue weighted by Crippen LogP contribution is 2.29. The van der Waals surface area contributed by atoms with Crippen molar-refractivity contribution in [3.8, 4) is 0 Å². The number of carbonyl (C=O) groups excluding carboxylic acids is 1. The maximum atomic E-state index is 12.8. The van der Waals surface area contributed by atoms with E-state index >= 15 is 0 Å². The van der Waals surface area contributed by atoms with Gasteiger partial charge in [0.25, 0.3) is 11.5 Å². The zero-order chi connectivity index (χ0) is 17.3. The highest BCUT2D eigenvalue weighted by atomic mass is 16.2. The van der Waals surface area contributed by atoms with Crippen LogP contribution in [0.15, 0.2) is 41.2 Å².